The van der Waals surface area contributed by atoms with Crippen LogP contribution < -0.4 is 69.7 Å². The van der Waals surface area contributed by atoms with Crippen LogP contribution in [-0.4, -0.2) is 103 Å². The van der Waals surface area contributed by atoms with Gasteiger partial charge in [-0.3, -0.25) is 19.7 Å². The first-order valence-corrected chi connectivity index (χ1v) is 23.6. The Hall–Kier alpha value is -3.05. The molecule has 4 aromatic carbocycles. The molecule has 26 heteroatoms. The van der Waals surface area contributed by atoms with E-state index in [0.29, 0.717) is 11.0 Å². The molecule has 19 nitrogen and oxygen atoms in total. The van der Waals surface area contributed by atoms with Crippen molar-refractivity contribution in [1.29, 1.82) is 0 Å². The normalized spacial score (nSPS) is 13.8. The van der Waals surface area contributed by atoms with E-state index in [9.17, 15) is 62.5 Å². The second-order valence-electron chi connectivity index (χ2n) is 12.2. The molecule has 0 saturated carbocycles. The summed E-state index contributed by atoms with van der Waals surface area (Å²) in [7, 11) is -18.6. The maximum absolute atomic E-state index is 13.4. The molecule has 0 atom stereocenters. The van der Waals surface area contributed by atoms with Gasteiger partial charge >= 0.3 is 59.1 Å². The molecule has 60 heavy (non-hydrogen) atoms. The van der Waals surface area contributed by atoms with Crippen molar-refractivity contribution in [1.82, 2.24) is 4.31 Å². The van der Waals surface area contributed by atoms with Crippen molar-refractivity contribution in [2.75, 3.05) is 49.4 Å². The van der Waals surface area contributed by atoms with Gasteiger partial charge in [-0.25, -0.2) is 33.7 Å². The van der Waals surface area contributed by atoms with E-state index in [1.165, 1.54) is 28.6 Å². The number of benzene rings is 4. The molecule has 1 fully saturated rings. The average molecular weight is 941 g/mol. The summed E-state index contributed by atoms with van der Waals surface area (Å²) in [5.74, 6) is -1.88. The van der Waals surface area contributed by atoms with Crippen molar-refractivity contribution >= 4 is 92.9 Å². The molecule has 1 saturated heterocycles. The molecule has 0 aromatic heterocycles. The Morgan fingerprint density at radius 3 is 1.60 bits per heavy atom. The number of hydrogen-bond donors (Lipinski definition) is 2. The van der Waals surface area contributed by atoms with Crippen LogP contribution >= 0.6 is 11.8 Å². The van der Waals surface area contributed by atoms with Crippen molar-refractivity contribution in [3.05, 3.63) is 105 Å². The van der Waals surface area contributed by atoms with E-state index in [1.807, 2.05) is 0 Å². The summed E-state index contributed by atoms with van der Waals surface area (Å²) in [5, 5.41) is 16.1. The minimum atomic E-state index is -5.29. The first kappa shape index (κ1) is 51.3. The smallest absolute Gasteiger partial charge is 0.744 e. The minimum Gasteiger partial charge on any atom is -0.744 e. The Morgan fingerprint density at radius 1 is 0.700 bits per heavy atom. The van der Waals surface area contributed by atoms with Gasteiger partial charge < -0.3 is 24.5 Å². The quantitative estimate of drug-likeness (QED) is 0.0343. The largest absolute Gasteiger partial charge is 1.00 e. The summed E-state index contributed by atoms with van der Waals surface area (Å²) in [5.41, 5.74) is -2.43. The molecule has 0 spiro atoms. The Labute approximate surface area is 393 Å². The maximum Gasteiger partial charge on any atom is 1.00 e. The molecule has 4 aromatic rings. The third-order valence-corrected chi connectivity index (χ3v) is 14.1. The van der Waals surface area contributed by atoms with Gasteiger partial charge in [0.2, 0.25) is 10.0 Å². The second kappa shape index (κ2) is 20.4. The molecule has 1 aliphatic heterocycles. The van der Waals surface area contributed by atoms with Gasteiger partial charge in [0.05, 0.1) is 32.8 Å². The first-order valence-electron chi connectivity index (χ1n) is 16.3. The Kier molecular flexibility index (Phi) is 17.5. The molecule has 0 bridgehead atoms. The topological polar surface area (TPSA) is 296 Å². The molecular weight excluding hydrogens is 911 g/mol. The molecular formula is C34H30N4Na2O15S5. The van der Waals surface area contributed by atoms with Gasteiger partial charge in [-0.05, 0) is 72.0 Å². The fourth-order valence-corrected chi connectivity index (χ4v) is 10.3. The number of nitro benzene ring substituents is 1. The fraction of sp³-hybridized carbons (Fsp3) is 0.176. The molecule has 0 unspecified atom stereocenters. The summed E-state index contributed by atoms with van der Waals surface area (Å²) >= 11 is 1.15. The SMILES string of the molecule is CSc1ccc(C(=O)Nc2ccc(/C=C/c3ccc(NC(=O)c4ccc(S(C)(=O)=O)c([N+](=O)[O-])c4)cc3S(=O)(=O)[O-])c(S(=O)(=O)[O-])c2)cc1S(=O)(=O)N1CCOCC1.[Na+].[Na+]. The fourth-order valence-electron chi connectivity index (χ4n) is 5.58. The number of sulfonamides is 1. The van der Waals surface area contributed by atoms with Crippen LogP contribution in [0.2, 0.25) is 0 Å². The molecule has 5 rings (SSSR count). The summed E-state index contributed by atoms with van der Waals surface area (Å²) in [6.07, 6.45) is 4.40. The molecule has 0 radical (unpaired) electrons. The van der Waals surface area contributed by atoms with Crippen molar-refractivity contribution in [3.8, 4) is 0 Å². The van der Waals surface area contributed by atoms with Crippen molar-refractivity contribution in [2.45, 2.75) is 24.5 Å². The van der Waals surface area contributed by atoms with E-state index in [0.717, 1.165) is 72.6 Å². The van der Waals surface area contributed by atoms with Gasteiger partial charge in [-0.1, -0.05) is 24.3 Å². The van der Waals surface area contributed by atoms with E-state index in [4.69, 9.17) is 4.74 Å². The number of ether oxygens (including phenoxy) is 1. The van der Waals surface area contributed by atoms with Gasteiger partial charge in [0.1, 0.15) is 25.1 Å². The van der Waals surface area contributed by atoms with Crippen LogP contribution in [0.4, 0.5) is 17.1 Å². The molecule has 1 heterocycles. The minimum absolute atomic E-state index is 0. The van der Waals surface area contributed by atoms with Crippen molar-refractivity contribution in [3.63, 3.8) is 0 Å². The predicted octanol–water partition coefficient (Wildman–Crippen LogP) is -2.77. The van der Waals surface area contributed by atoms with Gasteiger partial charge in [0.25, 0.3) is 17.5 Å². The summed E-state index contributed by atoms with van der Waals surface area (Å²) < 4.78 is 131. The molecule has 1 aliphatic rings. The number of nitro groups is 1. The number of hydrogen-bond acceptors (Lipinski definition) is 16. The zero-order valence-corrected chi connectivity index (χ0v) is 40.1. The zero-order valence-electron chi connectivity index (χ0n) is 32.0. The Morgan fingerprint density at radius 2 is 1.17 bits per heavy atom. The second-order valence-corrected chi connectivity index (χ2v) is 19.7. The van der Waals surface area contributed by atoms with E-state index >= 15 is 0 Å². The standard InChI is InChI=1S/C34H32N4O15S5.2Na/c1-54-28-11-7-24(18-32(28)56(45,46)37-13-15-53-16-14-37)34(40)36-26-10-6-22(31(20-26)58(50,51)52)4-3-21-5-9-25(19-30(21)57(47,48)49)35-33(39)23-8-12-29(55(2,43)44)27(17-23)38(41)42;;/h3-12,17-20H,13-16H2,1-2H3,(H,35,39)(H,36,40)(H,47,48,49)(H,50,51,52);;/q;2*+1/p-2/b4-3+;;. The number of thioether (sulfide) groups is 1. The summed E-state index contributed by atoms with van der Waals surface area (Å²) in [6, 6.07) is 12.6. The number of nitrogens with zero attached hydrogens (tertiary/aromatic N) is 2. The number of nitrogens with one attached hydrogen (secondary N) is 2. The number of anilines is 2. The monoisotopic (exact) mass is 940 g/mol. The third kappa shape index (κ3) is 12.3. The van der Waals surface area contributed by atoms with E-state index in [2.05, 4.69) is 10.6 Å². The number of carbonyl (C=O) groups is 2. The molecule has 0 aliphatic carbocycles. The van der Waals surface area contributed by atoms with Gasteiger partial charge in [-0.15, -0.1) is 11.8 Å². The summed E-state index contributed by atoms with van der Waals surface area (Å²) in [6.45, 7) is 0.614. The van der Waals surface area contributed by atoms with Gasteiger partial charge in [-0.2, -0.15) is 4.31 Å². The number of morpholine rings is 1. The van der Waals surface area contributed by atoms with E-state index < -0.39 is 77.2 Å². The molecule has 2 N–H and O–H groups in total. The molecule has 2 amide bonds. The number of rotatable bonds is 13. The maximum atomic E-state index is 13.4. The number of amides is 2. The van der Waals surface area contributed by atoms with E-state index in [-0.39, 0.29) is 124 Å². The number of carbonyl (C=O) groups excluding carboxylic acids is 2. The molecule has 308 valence electrons. The van der Waals surface area contributed by atoms with Crippen LogP contribution in [-0.2, 0) is 44.8 Å². The van der Waals surface area contributed by atoms with Crippen LogP contribution in [0.25, 0.3) is 12.2 Å². The van der Waals surface area contributed by atoms with E-state index in [1.54, 1.807) is 6.26 Å². The van der Waals surface area contributed by atoms with Gasteiger partial charge in [0.15, 0.2) is 9.84 Å². The van der Waals surface area contributed by atoms with Gasteiger partial charge in [0, 0.05) is 52.8 Å². The van der Waals surface area contributed by atoms with Crippen LogP contribution in [0, 0.1) is 10.1 Å². The third-order valence-electron chi connectivity index (χ3n) is 8.35. The van der Waals surface area contributed by atoms with Crippen LogP contribution in [0.15, 0.2) is 97.3 Å². The van der Waals surface area contributed by atoms with Crippen molar-refractivity contribution in [2.24, 2.45) is 0 Å². The Bertz CT molecular complexity index is 2830. The Balaban J connectivity index is 0.00000480. The van der Waals surface area contributed by atoms with Crippen LogP contribution in [0.3, 0.4) is 0 Å². The van der Waals surface area contributed by atoms with Crippen LogP contribution in [0.5, 0.6) is 0 Å². The number of sulfone groups is 1. The van der Waals surface area contributed by atoms with Crippen LogP contribution in [0.1, 0.15) is 31.8 Å². The van der Waals surface area contributed by atoms with Crippen molar-refractivity contribution < 1.29 is 121 Å². The summed E-state index contributed by atoms with van der Waals surface area (Å²) in [4.78, 5) is 34.4. The predicted molar refractivity (Wildman–Crippen MR) is 208 cm³/mol. The first-order chi connectivity index (χ1) is 27.0. The zero-order chi connectivity index (χ0) is 42.8. The average Bonchev–Trinajstić information content (AvgIpc) is 3.16.